The average Bonchev–Trinajstić information content (AvgIpc) is 3.11. The fraction of sp³-hybridized carbons (Fsp3) is 0.227. The lowest BCUT2D eigenvalue weighted by Crippen LogP contribution is -2.22. The van der Waals surface area contributed by atoms with Crippen LogP contribution in [-0.2, 0) is 10.2 Å². The van der Waals surface area contributed by atoms with E-state index in [0.717, 1.165) is 5.69 Å². The second-order valence-electron chi connectivity index (χ2n) is 7.55. The molecule has 0 aliphatic heterocycles. The lowest BCUT2D eigenvalue weighted by atomic mass is 9.92. The van der Waals surface area contributed by atoms with Gasteiger partial charge in [0.15, 0.2) is 12.9 Å². The van der Waals surface area contributed by atoms with Crippen molar-refractivity contribution in [3.63, 3.8) is 0 Å². The Morgan fingerprint density at radius 2 is 1.86 bits per heavy atom. The first kappa shape index (κ1) is 20.3. The summed E-state index contributed by atoms with van der Waals surface area (Å²) in [7, 11) is 0. The number of aromatic nitrogens is 2. The second-order valence-corrected chi connectivity index (χ2v) is 7.55. The van der Waals surface area contributed by atoms with E-state index in [4.69, 9.17) is 4.74 Å². The molecule has 0 atom stereocenters. The molecule has 2 aromatic carbocycles. The number of halogens is 1. The zero-order valence-electron chi connectivity index (χ0n) is 16.5. The van der Waals surface area contributed by atoms with Gasteiger partial charge in [-0.2, -0.15) is 5.10 Å². The van der Waals surface area contributed by atoms with E-state index in [1.165, 1.54) is 12.1 Å². The number of ether oxygens (including phenoxy) is 1. The average molecular weight is 395 g/mol. The van der Waals surface area contributed by atoms with Crippen molar-refractivity contribution in [2.45, 2.75) is 26.2 Å². The molecule has 3 aromatic rings. The monoisotopic (exact) mass is 395 g/mol. The summed E-state index contributed by atoms with van der Waals surface area (Å²) >= 11 is 0. The van der Waals surface area contributed by atoms with Gasteiger partial charge in [0.1, 0.15) is 17.4 Å². The molecule has 150 valence electrons. The maximum Gasteiger partial charge on any atom is 0.263 e. The molecule has 0 aliphatic carbocycles. The van der Waals surface area contributed by atoms with Gasteiger partial charge in [-0.1, -0.05) is 32.9 Å². The quantitative estimate of drug-likeness (QED) is 0.637. The first-order chi connectivity index (χ1) is 13.8. The van der Waals surface area contributed by atoms with Crippen molar-refractivity contribution in [3.8, 4) is 11.4 Å². The van der Waals surface area contributed by atoms with Gasteiger partial charge in [-0.15, -0.1) is 0 Å². The van der Waals surface area contributed by atoms with Crippen LogP contribution in [0.4, 0.5) is 10.2 Å². The highest BCUT2D eigenvalue weighted by atomic mass is 19.1. The molecule has 1 N–H and O–H groups in total. The van der Waals surface area contributed by atoms with Gasteiger partial charge < -0.3 is 10.1 Å². The Labute approximate surface area is 168 Å². The summed E-state index contributed by atoms with van der Waals surface area (Å²) in [5.74, 6) is 0.0121. The van der Waals surface area contributed by atoms with Crippen LogP contribution in [0, 0.1) is 5.82 Å². The zero-order chi connectivity index (χ0) is 21.0. The number of benzene rings is 2. The number of carbonyl (C=O) groups is 2. The molecule has 29 heavy (non-hydrogen) atoms. The van der Waals surface area contributed by atoms with Crippen molar-refractivity contribution < 1.29 is 18.7 Å². The molecule has 0 saturated heterocycles. The van der Waals surface area contributed by atoms with Crippen LogP contribution in [0.2, 0.25) is 0 Å². The van der Waals surface area contributed by atoms with Crippen molar-refractivity contribution >= 4 is 18.0 Å². The number of rotatable bonds is 6. The molecule has 3 rings (SSSR count). The first-order valence-corrected chi connectivity index (χ1v) is 9.11. The summed E-state index contributed by atoms with van der Waals surface area (Å²) in [6.45, 7) is 5.75. The molecule has 0 aliphatic rings. The Kier molecular flexibility index (Phi) is 5.77. The van der Waals surface area contributed by atoms with Crippen LogP contribution < -0.4 is 10.1 Å². The third-order valence-electron chi connectivity index (χ3n) is 4.22. The highest BCUT2D eigenvalue weighted by molar-refractivity contribution is 5.91. The summed E-state index contributed by atoms with van der Waals surface area (Å²) < 4.78 is 20.3. The van der Waals surface area contributed by atoms with Gasteiger partial charge in [-0.05, 0) is 36.4 Å². The first-order valence-electron chi connectivity index (χ1n) is 9.11. The normalized spacial score (nSPS) is 11.2. The number of hydrogen-bond acceptors (Lipinski definition) is 4. The Balaban J connectivity index is 1.81. The fourth-order valence-electron chi connectivity index (χ4n) is 2.65. The van der Waals surface area contributed by atoms with E-state index in [1.807, 2.05) is 20.8 Å². The minimum absolute atomic E-state index is 0.246. The van der Waals surface area contributed by atoms with Crippen molar-refractivity contribution in [3.05, 3.63) is 71.7 Å². The Morgan fingerprint density at radius 3 is 2.52 bits per heavy atom. The van der Waals surface area contributed by atoms with E-state index in [2.05, 4.69) is 10.4 Å². The number of amides is 1. The zero-order valence-corrected chi connectivity index (χ0v) is 16.5. The van der Waals surface area contributed by atoms with Crippen LogP contribution in [-0.4, -0.2) is 28.6 Å². The fourth-order valence-corrected chi connectivity index (χ4v) is 2.65. The van der Waals surface area contributed by atoms with Crippen LogP contribution in [0.5, 0.6) is 5.75 Å². The van der Waals surface area contributed by atoms with Gasteiger partial charge in [0.2, 0.25) is 0 Å². The molecule has 0 fully saturated rings. The maximum absolute atomic E-state index is 13.3. The van der Waals surface area contributed by atoms with Gasteiger partial charge >= 0.3 is 0 Å². The van der Waals surface area contributed by atoms with Crippen molar-refractivity contribution in [2.75, 3.05) is 11.9 Å². The molecular formula is C22H22FN3O3. The topological polar surface area (TPSA) is 73.2 Å². The predicted molar refractivity (Wildman–Crippen MR) is 108 cm³/mol. The smallest absolute Gasteiger partial charge is 0.263 e. The minimum Gasteiger partial charge on any atom is -0.483 e. The van der Waals surface area contributed by atoms with E-state index in [-0.39, 0.29) is 17.8 Å². The van der Waals surface area contributed by atoms with Crippen LogP contribution >= 0.6 is 0 Å². The number of aldehydes is 1. The summed E-state index contributed by atoms with van der Waals surface area (Å²) in [6, 6.07) is 14.3. The standard InChI is InChI=1S/C22H22FN3O3/c1-22(2,3)19-12-20(26(25-19)17-10-8-16(23)9-11-17)24-21(28)14-29-18-7-5-4-6-15(18)13-27/h4-13H,14H2,1-3H3,(H,24,28). The van der Waals surface area contributed by atoms with E-state index in [0.29, 0.717) is 29.1 Å². The maximum atomic E-state index is 13.3. The van der Waals surface area contributed by atoms with Gasteiger partial charge in [0.25, 0.3) is 5.91 Å². The van der Waals surface area contributed by atoms with E-state index in [9.17, 15) is 14.0 Å². The Bertz CT molecular complexity index is 1020. The third kappa shape index (κ3) is 4.87. The number of nitrogens with zero attached hydrogens (tertiary/aromatic N) is 2. The molecule has 0 spiro atoms. The summed E-state index contributed by atoms with van der Waals surface area (Å²) in [4.78, 5) is 23.5. The lowest BCUT2D eigenvalue weighted by molar-refractivity contribution is -0.118. The van der Waals surface area contributed by atoms with Gasteiger partial charge in [-0.25, -0.2) is 9.07 Å². The molecular weight excluding hydrogens is 373 g/mol. The number of nitrogens with one attached hydrogen (secondary N) is 1. The number of para-hydroxylation sites is 1. The number of carbonyl (C=O) groups excluding carboxylic acids is 2. The predicted octanol–water partition coefficient (Wildman–Crippen LogP) is 4.14. The third-order valence-corrected chi connectivity index (χ3v) is 4.22. The molecule has 6 nitrogen and oxygen atoms in total. The van der Waals surface area contributed by atoms with Crippen LogP contribution in [0.25, 0.3) is 5.69 Å². The minimum atomic E-state index is -0.408. The van der Waals surface area contributed by atoms with Crippen LogP contribution in [0.3, 0.4) is 0 Å². The molecule has 1 amide bonds. The van der Waals surface area contributed by atoms with Crippen molar-refractivity contribution in [2.24, 2.45) is 0 Å². The molecule has 0 bridgehead atoms. The van der Waals surface area contributed by atoms with Crippen molar-refractivity contribution in [1.82, 2.24) is 9.78 Å². The second kappa shape index (κ2) is 8.26. The van der Waals surface area contributed by atoms with Gasteiger partial charge in [-0.3, -0.25) is 9.59 Å². The highest BCUT2D eigenvalue weighted by Gasteiger charge is 2.21. The van der Waals surface area contributed by atoms with Crippen LogP contribution in [0.15, 0.2) is 54.6 Å². The molecule has 1 heterocycles. The highest BCUT2D eigenvalue weighted by Crippen LogP contribution is 2.26. The lowest BCUT2D eigenvalue weighted by Gasteiger charge is -2.14. The number of anilines is 1. The van der Waals surface area contributed by atoms with E-state index >= 15 is 0 Å². The summed E-state index contributed by atoms with van der Waals surface area (Å²) in [5, 5.41) is 7.35. The van der Waals surface area contributed by atoms with Crippen LogP contribution in [0.1, 0.15) is 36.8 Å². The molecule has 0 unspecified atom stereocenters. The van der Waals surface area contributed by atoms with Gasteiger partial charge in [0.05, 0.1) is 16.9 Å². The summed E-state index contributed by atoms with van der Waals surface area (Å²) in [6.07, 6.45) is 0.673. The van der Waals surface area contributed by atoms with E-state index in [1.54, 1.807) is 47.1 Å². The molecule has 7 heteroatoms. The Morgan fingerprint density at radius 1 is 1.17 bits per heavy atom. The Hall–Kier alpha value is -3.48. The molecule has 0 saturated carbocycles. The molecule has 0 radical (unpaired) electrons. The SMILES string of the molecule is CC(C)(C)c1cc(NC(=O)COc2ccccc2C=O)n(-c2ccc(F)cc2)n1. The largest absolute Gasteiger partial charge is 0.483 e. The molecule has 1 aromatic heterocycles. The summed E-state index contributed by atoms with van der Waals surface area (Å²) in [5.41, 5.74) is 1.50. The van der Waals surface area contributed by atoms with Gasteiger partial charge in [0, 0.05) is 11.5 Å². The number of hydrogen-bond donors (Lipinski definition) is 1. The van der Waals surface area contributed by atoms with E-state index < -0.39 is 5.91 Å². The van der Waals surface area contributed by atoms with Crippen molar-refractivity contribution in [1.29, 1.82) is 0 Å².